The van der Waals surface area contributed by atoms with Crippen LogP contribution in [-0.2, 0) is 6.54 Å². The lowest BCUT2D eigenvalue weighted by Gasteiger charge is -2.14. The topological polar surface area (TPSA) is 107 Å². The Hall–Kier alpha value is -3.81. The van der Waals surface area contributed by atoms with Crippen LogP contribution in [0.2, 0.25) is 0 Å². The fourth-order valence-corrected chi connectivity index (χ4v) is 2.93. The number of imidazole rings is 1. The summed E-state index contributed by atoms with van der Waals surface area (Å²) in [7, 11) is 0. The first-order valence-corrected chi connectivity index (χ1v) is 8.86. The Morgan fingerprint density at radius 2 is 1.93 bits per heavy atom. The van der Waals surface area contributed by atoms with Gasteiger partial charge in [0.1, 0.15) is 17.3 Å². The van der Waals surface area contributed by atoms with Crippen molar-refractivity contribution in [2.45, 2.75) is 13.5 Å². The summed E-state index contributed by atoms with van der Waals surface area (Å²) in [6.07, 6.45) is 0.745. The van der Waals surface area contributed by atoms with Gasteiger partial charge in [0.25, 0.3) is 0 Å². The largest absolute Gasteiger partial charge is 0.465 e. The van der Waals surface area contributed by atoms with Crippen LogP contribution in [0, 0.1) is 0 Å². The molecule has 0 aliphatic rings. The van der Waals surface area contributed by atoms with Gasteiger partial charge in [-0.05, 0) is 55.0 Å². The highest BCUT2D eigenvalue weighted by molar-refractivity contribution is 5.77. The molecule has 8 heteroatoms. The standard InChI is InChI=1S/C20H19N5O3/c1-2-25(20(26)27)12-19-22-17-8-7-15(11-18(17)23-19)28-14-5-3-13(4-6-14)16-9-10-21-24-16/h3-11H,2,12H2,1H3,(H,21,24)(H,22,23)(H,26,27). The normalized spacial score (nSPS) is 10.9. The fourth-order valence-electron chi connectivity index (χ4n) is 2.93. The molecule has 8 nitrogen and oxygen atoms in total. The van der Waals surface area contributed by atoms with Gasteiger partial charge in [-0.1, -0.05) is 0 Å². The number of amides is 1. The van der Waals surface area contributed by atoms with Crippen molar-refractivity contribution in [2.24, 2.45) is 0 Å². The van der Waals surface area contributed by atoms with Gasteiger partial charge in [0.05, 0.1) is 23.3 Å². The second-order valence-electron chi connectivity index (χ2n) is 6.26. The number of carboxylic acid groups (broad SMARTS) is 1. The molecule has 4 rings (SSSR count). The molecule has 142 valence electrons. The second kappa shape index (κ2) is 7.43. The Balaban J connectivity index is 1.50. The molecule has 0 saturated heterocycles. The van der Waals surface area contributed by atoms with Crippen LogP contribution in [0.4, 0.5) is 4.79 Å². The smallest absolute Gasteiger partial charge is 0.407 e. The molecule has 0 radical (unpaired) electrons. The number of nitrogens with zero attached hydrogens (tertiary/aromatic N) is 3. The Morgan fingerprint density at radius 3 is 2.61 bits per heavy atom. The number of ether oxygens (including phenoxy) is 1. The van der Waals surface area contributed by atoms with E-state index in [9.17, 15) is 4.79 Å². The molecule has 0 atom stereocenters. The maximum absolute atomic E-state index is 11.2. The SMILES string of the molecule is CCN(Cc1nc2ccc(Oc3ccc(-c4ccn[nH]4)cc3)cc2[nH]1)C(=O)O. The molecule has 0 aliphatic carbocycles. The molecule has 1 amide bonds. The third-order valence-electron chi connectivity index (χ3n) is 4.40. The van der Waals surface area contributed by atoms with Crippen LogP contribution < -0.4 is 4.74 Å². The Bertz CT molecular complexity index is 1090. The van der Waals surface area contributed by atoms with E-state index in [0.29, 0.717) is 23.9 Å². The molecule has 0 unspecified atom stereocenters. The summed E-state index contributed by atoms with van der Waals surface area (Å²) in [6, 6.07) is 15.2. The first-order chi connectivity index (χ1) is 13.6. The molecule has 2 aromatic heterocycles. The van der Waals surface area contributed by atoms with Crippen LogP contribution in [0.25, 0.3) is 22.3 Å². The number of hydrogen-bond donors (Lipinski definition) is 3. The number of benzene rings is 2. The molecule has 0 bridgehead atoms. The molecule has 3 N–H and O–H groups in total. The molecule has 0 spiro atoms. The van der Waals surface area contributed by atoms with Gasteiger partial charge in [-0.15, -0.1) is 0 Å². The van der Waals surface area contributed by atoms with E-state index in [-0.39, 0.29) is 6.54 Å². The van der Waals surface area contributed by atoms with Crippen molar-refractivity contribution in [1.29, 1.82) is 0 Å². The van der Waals surface area contributed by atoms with Gasteiger partial charge in [0.2, 0.25) is 0 Å². The van der Waals surface area contributed by atoms with Crippen molar-refractivity contribution in [3.63, 3.8) is 0 Å². The number of H-pyrrole nitrogens is 2. The van der Waals surface area contributed by atoms with Crippen LogP contribution >= 0.6 is 0 Å². The summed E-state index contributed by atoms with van der Waals surface area (Å²) in [4.78, 5) is 20.1. The highest BCUT2D eigenvalue weighted by Crippen LogP contribution is 2.27. The van der Waals surface area contributed by atoms with Crippen molar-refractivity contribution in [3.8, 4) is 22.8 Å². The van der Waals surface area contributed by atoms with Gasteiger partial charge < -0.3 is 19.7 Å². The number of aromatic nitrogens is 4. The van der Waals surface area contributed by atoms with Crippen molar-refractivity contribution in [3.05, 3.63) is 60.6 Å². The minimum Gasteiger partial charge on any atom is -0.465 e. The quantitative estimate of drug-likeness (QED) is 0.466. The van der Waals surface area contributed by atoms with E-state index >= 15 is 0 Å². The van der Waals surface area contributed by atoms with Gasteiger partial charge in [0.15, 0.2) is 0 Å². The van der Waals surface area contributed by atoms with Gasteiger partial charge in [-0.25, -0.2) is 9.78 Å². The molecule has 28 heavy (non-hydrogen) atoms. The third-order valence-corrected chi connectivity index (χ3v) is 4.40. The molecule has 4 aromatic rings. The Kier molecular flexibility index (Phi) is 4.67. The van der Waals surface area contributed by atoms with Crippen molar-refractivity contribution in [2.75, 3.05) is 6.54 Å². The summed E-state index contributed by atoms with van der Waals surface area (Å²) < 4.78 is 5.93. The van der Waals surface area contributed by atoms with E-state index in [4.69, 9.17) is 9.84 Å². The van der Waals surface area contributed by atoms with Crippen LogP contribution in [0.5, 0.6) is 11.5 Å². The summed E-state index contributed by atoms with van der Waals surface area (Å²) in [5.74, 6) is 1.98. The molecule has 0 fully saturated rings. The average Bonchev–Trinajstić information content (AvgIpc) is 3.36. The zero-order chi connectivity index (χ0) is 19.5. The number of carbonyl (C=O) groups is 1. The number of hydrogen-bond acceptors (Lipinski definition) is 4. The first-order valence-electron chi connectivity index (χ1n) is 8.86. The summed E-state index contributed by atoms with van der Waals surface area (Å²) in [5, 5.41) is 16.0. The number of nitrogens with one attached hydrogen (secondary N) is 2. The maximum atomic E-state index is 11.2. The van der Waals surface area contributed by atoms with E-state index in [1.54, 1.807) is 13.1 Å². The monoisotopic (exact) mass is 377 g/mol. The first kappa shape index (κ1) is 17.6. The lowest BCUT2D eigenvalue weighted by molar-refractivity contribution is 0.144. The molecule has 0 aliphatic heterocycles. The third kappa shape index (κ3) is 3.66. The van der Waals surface area contributed by atoms with Gasteiger partial charge >= 0.3 is 6.09 Å². The van der Waals surface area contributed by atoms with Gasteiger partial charge in [0, 0.05) is 18.8 Å². The van der Waals surface area contributed by atoms with Crippen LogP contribution in [0.15, 0.2) is 54.7 Å². The van der Waals surface area contributed by atoms with Crippen molar-refractivity contribution in [1.82, 2.24) is 25.1 Å². The maximum Gasteiger partial charge on any atom is 0.407 e. The molecular weight excluding hydrogens is 358 g/mol. The fraction of sp³-hybridized carbons (Fsp3) is 0.150. The van der Waals surface area contributed by atoms with Crippen LogP contribution in [0.1, 0.15) is 12.7 Å². The zero-order valence-electron chi connectivity index (χ0n) is 15.2. The number of fused-ring (bicyclic) bond motifs is 1. The van der Waals surface area contributed by atoms with E-state index < -0.39 is 6.09 Å². The predicted octanol–water partition coefficient (Wildman–Crippen LogP) is 4.25. The minimum absolute atomic E-state index is 0.214. The highest BCUT2D eigenvalue weighted by Gasteiger charge is 2.13. The summed E-state index contributed by atoms with van der Waals surface area (Å²) in [6.45, 7) is 2.40. The van der Waals surface area contributed by atoms with Crippen molar-refractivity contribution < 1.29 is 14.6 Å². The second-order valence-corrected chi connectivity index (χ2v) is 6.26. The van der Waals surface area contributed by atoms with E-state index in [1.165, 1.54) is 4.90 Å². The van der Waals surface area contributed by atoms with Gasteiger partial charge in [-0.3, -0.25) is 5.10 Å². The van der Waals surface area contributed by atoms with E-state index in [2.05, 4.69) is 20.2 Å². The molecular formula is C20H19N5O3. The lowest BCUT2D eigenvalue weighted by atomic mass is 10.1. The van der Waals surface area contributed by atoms with Crippen molar-refractivity contribution >= 4 is 17.1 Å². The Morgan fingerprint density at radius 1 is 1.14 bits per heavy atom. The molecule has 0 saturated carbocycles. The van der Waals surface area contributed by atoms with E-state index in [0.717, 1.165) is 22.3 Å². The number of aromatic amines is 2. The average molecular weight is 377 g/mol. The minimum atomic E-state index is -0.967. The highest BCUT2D eigenvalue weighted by atomic mass is 16.5. The predicted molar refractivity (Wildman–Crippen MR) is 104 cm³/mol. The van der Waals surface area contributed by atoms with Crippen LogP contribution in [-0.4, -0.2) is 42.8 Å². The van der Waals surface area contributed by atoms with E-state index in [1.807, 2.05) is 48.5 Å². The number of rotatable bonds is 6. The zero-order valence-corrected chi connectivity index (χ0v) is 15.2. The summed E-state index contributed by atoms with van der Waals surface area (Å²) >= 11 is 0. The lowest BCUT2D eigenvalue weighted by Crippen LogP contribution is -2.28. The summed E-state index contributed by atoms with van der Waals surface area (Å²) in [5.41, 5.74) is 3.53. The molecule has 2 heterocycles. The Labute approximate surface area is 160 Å². The van der Waals surface area contributed by atoms with Gasteiger partial charge in [-0.2, -0.15) is 5.10 Å². The van der Waals surface area contributed by atoms with Crippen LogP contribution in [0.3, 0.4) is 0 Å². The molecule has 2 aromatic carbocycles.